The summed E-state index contributed by atoms with van der Waals surface area (Å²) in [6.45, 7) is 2.15. The number of unbranched alkanes of at least 4 members (excludes halogenated alkanes) is 4. The number of carboxylic acids is 1. The molecule has 0 atom stereocenters. The van der Waals surface area contributed by atoms with Crippen LogP contribution in [-0.2, 0) is 11.2 Å². The van der Waals surface area contributed by atoms with Gasteiger partial charge in [-0.2, -0.15) is 0 Å². The van der Waals surface area contributed by atoms with E-state index in [9.17, 15) is 19.5 Å². The van der Waals surface area contributed by atoms with Crippen molar-refractivity contribution in [2.75, 3.05) is 5.32 Å². The van der Waals surface area contributed by atoms with Crippen molar-refractivity contribution in [3.05, 3.63) is 59.2 Å². The van der Waals surface area contributed by atoms with Crippen molar-refractivity contribution in [3.63, 3.8) is 0 Å². The monoisotopic (exact) mass is 397 g/mol. The summed E-state index contributed by atoms with van der Waals surface area (Å²) >= 11 is 0. The van der Waals surface area contributed by atoms with Gasteiger partial charge in [0.25, 0.3) is 0 Å². The smallest absolute Gasteiger partial charge is 0.339 e. The topological polar surface area (TPSA) is 104 Å². The fraction of sp³-hybridized carbons (Fsp3) is 0.348. The quantitative estimate of drug-likeness (QED) is 0.373. The Kier molecular flexibility index (Phi) is 8.40. The van der Waals surface area contributed by atoms with Crippen LogP contribution in [0.15, 0.2) is 42.5 Å². The first kappa shape index (κ1) is 22.1. The van der Waals surface area contributed by atoms with Crippen LogP contribution in [0.2, 0.25) is 0 Å². The van der Waals surface area contributed by atoms with Crippen LogP contribution in [0.5, 0.6) is 5.75 Å². The molecule has 1 amide bonds. The van der Waals surface area contributed by atoms with Gasteiger partial charge in [0.2, 0.25) is 5.91 Å². The van der Waals surface area contributed by atoms with Crippen molar-refractivity contribution < 1.29 is 24.6 Å². The maximum atomic E-state index is 12.4. The standard InChI is InChI=1S/C23H27NO5/c1-2-3-4-5-6-7-22(27)24-18-11-9-17(10-12-18)21(26)15-16-8-13-20(25)19(14-16)23(28)29/h8-14,25H,2-7,15H2,1H3,(H,24,27)(H,28,29). The minimum atomic E-state index is -1.25. The molecular formula is C23H27NO5. The molecule has 2 rings (SSSR count). The lowest BCUT2D eigenvalue weighted by Crippen LogP contribution is -2.11. The molecule has 2 aromatic carbocycles. The van der Waals surface area contributed by atoms with Gasteiger partial charge in [0.1, 0.15) is 11.3 Å². The van der Waals surface area contributed by atoms with Crippen molar-refractivity contribution in [3.8, 4) is 5.75 Å². The van der Waals surface area contributed by atoms with E-state index in [1.165, 1.54) is 31.0 Å². The Bertz CT molecular complexity index is 858. The minimum Gasteiger partial charge on any atom is -0.507 e. The van der Waals surface area contributed by atoms with Crippen LogP contribution in [0.3, 0.4) is 0 Å². The Labute approximate surface area is 170 Å². The van der Waals surface area contributed by atoms with E-state index in [2.05, 4.69) is 12.2 Å². The maximum Gasteiger partial charge on any atom is 0.339 e. The number of aromatic carboxylic acids is 1. The van der Waals surface area contributed by atoms with Crippen molar-refractivity contribution >= 4 is 23.3 Å². The van der Waals surface area contributed by atoms with Crippen molar-refractivity contribution in [1.29, 1.82) is 0 Å². The Hall–Kier alpha value is -3.15. The normalized spacial score (nSPS) is 10.5. The molecule has 0 aromatic heterocycles. The second kappa shape index (κ2) is 11.0. The molecule has 2 aromatic rings. The molecule has 0 fully saturated rings. The lowest BCUT2D eigenvalue weighted by atomic mass is 10.0. The third-order valence-electron chi connectivity index (χ3n) is 4.65. The van der Waals surface area contributed by atoms with Gasteiger partial charge >= 0.3 is 5.97 Å². The van der Waals surface area contributed by atoms with Crippen LogP contribution >= 0.6 is 0 Å². The Morgan fingerprint density at radius 1 is 0.931 bits per heavy atom. The van der Waals surface area contributed by atoms with E-state index < -0.39 is 5.97 Å². The van der Waals surface area contributed by atoms with Crippen molar-refractivity contribution in [2.24, 2.45) is 0 Å². The summed E-state index contributed by atoms with van der Waals surface area (Å²) in [4.78, 5) is 35.5. The molecule has 0 radical (unpaired) electrons. The molecule has 0 bridgehead atoms. The molecule has 6 heteroatoms. The molecule has 0 aliphatic rings. The number of ketones is 1. The van der Waals surface area contributed by atoms with Gasteiger partial charge in [0.05, 0.1) is 0 Å². The van der Waals surface area contributed by atoms with Gasteiger partial charge in [-0.15, -0.1) is 0 Å². The summed E-state index contributed by atoms with van der Waals surface area (Å²) in [7, 11) is 0. The number of rotatable bonds is 11. The number of benzene rings is 2. The lowest BCUT2D eigenvalue weighted by Gasteiger charge is -2.07. The molecule has 0 aliphatic heterocycles. The van der Waals surface area contributed by atoms with Crippen LogP contribution in [0.1, 0.15) is 71.7 Å². The number of hydrogen-bond acceptors (Lipinski definition) is 4. The Balaban J connectivity index is 1.89. The van der Waals surface area contributed by atoms with E-state index in [0.717, 1.165) is 19.3 Å². The number of nitrogens with one attached hydrogen (secondary N) is 1. The number of amides is 1. The molecule has 0 aliphatic carbocycles. The number of anilines is 1. The van der Waals surface area contributed by atoms with E-state index in [0.29, 0.717) is 23.2 Å². The predicted octanol–water partition coefficient (Wildman–Crippen LogP) is 4.81. The minimum absolute atomic E-state index is 0.0179. The van der Waals surface area contributed by atoms with Gasteiger partial charge < -0.3 is 15.5 Å². The summed E-state index contributed by atoms with van der Waals surface area (Å²) in [5.41, 5.74) is 1.37. The molecule has 3 N–H and O–H groups in total. The average Bonchev–Trinajstić information content (AvgIpc) is 2.69. The number of carbonyl (C=O) groups is 3. The zero-order valence-corrected chi connectivity index (χ0v) is 16.6. The van der Waals surface area contributed by atoms with Gasteiger partial charge in [-0.1, -0.05) is 38.7 Å². The van der Waals surface area contributed by atoms with Gasteiger partial charge in [-0.3, -0.25) is 9.59 Å². The van der Waals surface area contributed by atoms with Crippen LogP contribution in [0.25, 0.3) is 0 Å². The van der Waals surface area contributed by atoms with Crippen LogP contribution in [-0.4, -0.2) is 27.9 Å². The molecule has 6 nitrogen and oxygen atoms in total. The number of phenols is 1. The number of Topliss-reactive ketones (excluding diaryl/α,β-unsaturated/α-hetero) is 1. The second-order valence-electron chi connectivity index (χ2n) is 7.05. The predicted molar refractivity (Wildman–Crippen MR) is 112 cm³/mol. The van der Waals surface area contributed by atoms with Crippen molar-refractivity contribution in [2.45, 2.75) is 51.9 Å². The molecule has 0 heterocycles. The summed E-state index contributed by atoms with van der Waals surface area (Å²) < 4.78 is 0. The summed E-state index contributed by atoms with van der Waals surface area (Å²) in [5.74, 6) is -1.80. The number of carboxylic acid groups (broad SMARTS) is 1. The van der Waals surface area contributed by atoms with Gasteiger partial charge in [-0.05, 0) is 48.4 Å². The highest BCUT2D eigenvalue weighted by Gasteiger charge is 2.13. The van der Waals surface area contributed by atoms with E-state index in [1.54, 1.807) is 24.3 Å². The van der Waals surface area contributed by atoms with Crippen LogP contribution < -0.4 is 5.32 Å². The highest BCUT2D eigenvalue weighted by Crippen LogP contribution is 2.20. The van der Waals surface area contributed by atoms with E-state index >= 15 is 0 Å². The first-order chi connectivity index (χ1) is 13.9. The third kappa shape index (κ3) is 7.07. The third-order valence-corrected chi connectivity index (χ3v) is 4.65. The molecule has 29 heavy (non-hydrogen) atoms. The lowest BCUT2D eigenvalue weighted by molar-refractivity contribution is -0.116. The zero-order valence-electron chi connectivity index (χ0n) is 16.6. The summed E-state index contributed by atoms with van der Waals surface area (Å²) in [6.07, 6.45) is 5.93. The number of carbonyl (C=O) groups excluding carboxylic acids is 2. The number of aromatic hydroxyl groups is 1. The van der Waals surface area contributed by atoms with E-state index in [4.69, 9.17) is 5.11 Å². The van der Waals surface area contributed by atoms with Gasteiger partial charge in [0.15, 0.2) is 5.78 Å². The largest absolute Gasteiger partial charge is 0.507 e. The van der Waals surface area contributed by atoms with E-state index in [1.807, 2.05) is 0 Å². The second-order valence-corrected chi connectivity index (χ2v) is 7.05. The molecule has 154 valence electrons. The van der Waals surface area contributed by atoms with Crippen LogP contribution in [0.4, 0.5) is 5.69 Å². The Morgan fingerprint density at radius 3 is 2.28 bits per heavy atom. The summed E-state index contributed by atoms with van der Waals surface area (Å²) in [5, 5.41) is 21.4. The number of hydrogen-bond donors (Lipinski definition) is 3. The SMILES string of the molecule is CCCCCCCC(=O)Nc1ccc(C(=O)Cc2ccc(O)c(C(=O)O)c2)cc1. The maximum absolute atomic E-state index is 12.4. The van der Waals surface area contributed by atoms with Gasteiger partial charge in [-0.25, -0.2) is 4.79 Å². The molecule has 0 unspecified atom stereocenters. The summed E-state index contributed by atoms with van der Waals surface area (Å²) in [6, 6.07) is 10.7. The molecule has 0 spiro atoms. The molecule has 0 saturated heterocycles. The highest BCUT2D eigenvalue weighted by molar-refractivity contribution is 5.99. The van der Waals surface area contributed by atoms with Crippen LogP contribution in [0, 0.1) is 0 Å². The fourth-order valence-electron chi connectivity index (χ4n) is 3.00. The Morgan fingerprint density at radius 2 is 1.62 bits per heavy atom. The zero-order chi connectivity index (χ0) is 21.2. The first-order valence-corrected chi connectivity index (χ1v) is 9.89. The first-order valence-electron chi connectivity index (χ1n) is 9.89. The van der Waals surface area contributed by atoms with E-state index in [-0.39, 0.29) is 29.4 Å². The van der Waals surface area contributed by atoms with Crippen molar-refractivity contribution in [1.82, 2.24) is 0 Å². The average molecular weight is 397 g/mol. The van der Waals surface area contributed by atoms with Gasteiger partial charge in [0, 0.05) is 24.1 Å². The molecule has 0 saturated carbocycles. The highest BCUT2D eigenvalue weighted by atomic mass is 16.4. The fourth-order valence-corrected chi connectivity index (χ4v) is 3.00. The molecular weight excluding hydrogens is 370 g/mol.